The van der Waals surface area contributed by atoms with Gasteiger partial charge in [-0.05, 0) is 25.3 Å². The van der Waals surface area contributed by atoms with Crippen LogP contribution in [0.25, 0.3) is 5.65 Å². The maximum absolute atomic E-state index is 13.7. The molecule has 3 aliphatic rings. The lowest BCUT2D eigenvalue weighted by Crippen LogP contribution is -2.37. The van der Waals surface area contributed by atoms with Crippen LogP contribution in [0.15, 0.2) is 24.7 Å². The first-order chi connectivity index (χ1) is 17.1. The van der Waals surface area contributed by atoms with E-state index >= 15 is 0 Å². The molecule has 2 atom stereocenters. The van der Waals surface area contributed by atoms with E-state index < -0.39 is 18.0 Å². The van der Waals surface area contributed by atoms with Crippen molar-refractivity contribution in [2.45, 2.75) is 77.0 Å². The van der Waals surface area contributed by atoms with Gasteiger partial charge in [0.15, 0.2) is 11.3 Å². The van der Waals surface area contributed by atoms with E-state index in [1.807, 2.05) is 19.9 Å². The van der Waals surface area contributed by atoms with Gasteiger partial charge in [0.05, 0.1) is 36.7 Å². The molecule has 11 heteroatoms. The Kier molecular flexibility index (Phi) is 6.68. The molecule has 1 aliphatic carbocycles. The van der Waals surface area contributed by atoms with E-state index in [1.165, 1.54) is 16.9 Å². The lowest BCUT2D eigenvalue weighted by atomic mass is 9.96. The molecule has 9 nitrogen and oxygen atoms in total. The second kappa shape index (κ2) is 9.88. The molecule has 35 heavy (non-hydrogen) atoms. The van der Waals surface area contributed by atoms with Crippen LogP contribution in [0.2, 0.25) is 0 Å². The molecule has 2 aliphatic heterocycles. The first kappa shape index (κ1) is 23.7. The van der Waals surface area contributed by atoms with Gasteiger partial charge in [-0.1, -0.05) is 33.1 Å². The number of halogens is 2. The van der Waals surface area contributed by atoms with E-state index in [1.54, 1.807) is 10.9 Å². The molecule has 0 aromatic carbocycles. The zero-order valence-corrected chi connectivity index (χ0v) is 20.0. The lowest BCUT2D eigenvalue weighted by Gasteiger charge is -2.27. The number of fused-ring (bicyclic) bond motifs is 3. The van der Waals surface area contributed by atoms with E-state index in [4.69, 9.17) is 4.74 Å². The number of aromatic nitrogens is 5. The van der Waals surface area contributed by atoms with Crippen molar-refractivity contribution in [3.63, 3.8) is 0 Å². The molecule has 5 heterocycles. The standard InChI is InChI=1S/C22H25F2N7O2.C2H6/c23-20(24)19-17(11-31(28-19)13-4-2-1-3-5-13)26-22(32)16-9-25-30-7-6-18(27-21(16)30)29-10-15-8-14(29)12-33-15;1-2/h6-7,9,11,13-15,20H,1-5,8,10,12H2,(H,26,32);1-2H3/t14-,15-;/m1./s1. The fourth-order valence-electron chi connectivity index (χ4n) is 5.25. The minimum Gasteiger partial charge on any atom is -0.374 e. The zero-order chi connectivity index (χ0) is 24.5. The Labute approximate surface area is 202 Å². The van der Waals surface area contributed by atoms with Crippen molar-refractivity contribution in [1.29, 1.82) is 0 Å². The zero-order valence-electron chi connectivity index (χ0n) is 20.0. The minimum absolute atomic E-state index is 0.0325. The van der Waals surface area contributed by atoms with E-state index in [0.717, 1.165) is 50.9 Å². The number of ether oxygens (including phenoxy) is 1. The normalized spacial score (nSPS) is 22.0. The third kappa shape index (κ3) is 4.49. The number of carbonyl (C=O) groups is 1. The average Bonchev–Trinajstić information content (AvgIpc) is 3.68. The molecular weight excluding hydrogens is 456 g/mol. The Morgan fingerprint density at radius 1 is 1.20 bits per heavy atom. The first-order valence-corrected chi connectivity index (χ1v) is 12.5. The lowest BCUT2D eigenvalue weighted by molar-refractivity contribution is 0.0988. The fourth-order valence-corrected chi connectivity index (χ4v) is 5.25. The summed E-state index contributed by atoms with van der Waals surface area (Å²) in [6.07, 6.45) is 8.17. The highest BCUT2D eigenvalue weighted by Crippen LogP contribution is 2.34. The maximum Gasteiger partial charge on any atom is 0.284 e. The van der Waals surface area contributed by atoms with E-state index in [0.29, 0.717) is 12.3 Å². The van der Waals surface area contributed by atoms with E-state index in [9.17, 15) is 13.6 Å². The Morgan fingerprint density at radius 2 is 2.00 bits per heavy atom. The van der Waals surface area contributed by atoms with E-state index in [-0.39, 0.29) is 29.4 Å². The number of nitrogens with one attached hydrogen (secondary N) is 1. The highest BCUT2D eigenvalue weighted by Gasteiger charge is 2.39. The van der Waals surface area contributed by atoms with Gasteiger partial charge in [-0.15, -0.1) is 0 Å². The van der Waals surface area contributed by atoms with Crippen molar-refractivity contribution >= 4 is 23.1 Å². The van der Waals surface area contributed by atoms with Crippen LogP contribution in [0.5, 0.6) is 0 Å². The van der Waals surface area contributed by atoms with Crippen LogP contribution in [0.1, 0.15) is 80.9 Å². The highest BCUT2D eigenvalue weighted by molar-refractivity contribution is 6.08. The first-order valence-electron chi connectivity index (χ1n) is 12.5. The second-order valence-electron chi connectivity index (χ2n) is 9.06. The molecule has 6 rings (SSSR count). The SMILES string of the molecule is CC.O=C(Nc1cn(C2CCCCC2)nc1C(F)F)c1cnn2ccc(N3C[C@H]4C[C@@H]3CO4)nc12. The summed E-state index contributed by atoms with van der Waals surface area (Å²) < 4.78 is 36.1. The van der Waals surface area contributed by atoms with Crippen molar-refractivity contribution < 1.29 is 18.3 Å². The molecule has 2 saturated heterocycles. The number of rotatable bonds is 5. The third-order valence-electron chi connectivity index (χ3n) is 6.96. The van der Waals surface area contributed by atoms with Crippen LogP contribution in [-0.4, -0.2) is 55.6 Å². The number of alkyl halides is 2. The molecule has 2 bridgehead atoms. The summed E-state index contributed by atoms with van der Waals surface area (Å²) in [5, 5.41) is 11.0. The van der Waals surface area contributed by atoms with Crippen molar-refractivity contribution in [3.8, 4) is 0 Å². The van der Waals surface area contributed by atoms with Gasteiger partial charge in [-0.2, -0.15) is 10.2 Å². The van der Waals surface area contributed by atoms with Crippen molar-refractivity contribution in [2.75, 3.05) is 23.4 Å². The number of morpholine rings is 1. The van der Waals surface area contributed by atoms with Gasteiger partial charge in [-0.25, -0.2) is 18.3 Å². The molecule has 0 radical (unpaired) electrons. The van der Waals surface area contributed by atoms with Crippen molar-refractivity contribution in [2.24, 2.45) is 0 Å². The van der Waals surface area contributed by atoms with Crippen LogP contribution in [0.4, 0.5) is 20.3 Å². The van der Waals surface area contributed by atoms with Crippen molar-refractivity contribution in [3.05, 3.63) is 35.9 Å². The van der Waals surface area contributed by atoms with Gasteiger partial charge in [0.1, 0.15) is 11.4 Å². The molecule has 3 aromatic rings. The molecule has 3 aromatic heterocycles. The minimum atomic E-state index is -2.79. The van der Waals surface area contributed by atoms with Gasteiger partial charge in [0.25, 0.3) is 12.3 Å². The van der Waals surface area contributed by atoms with Crippen LogP contribution < -0.4 is 10.2 Å². The molecule has 1 amide bonds. The predicted molar refractivity (Wildman–Crippen MR) is 127 cm³/mol. The number of amides is 1. The van der Waals surface area contributed by atoms with Crippen LogP contribution in [0.3, 0.4) is 0 Å². The average molecular weight is 488 g/mol. The van der Waals surface area contributed by atoms with E-state index in [2.05, 4.69) is 25.4 Å². The molecule has 0 spiro atoms. The Bertz CT molecular complexity index is 1190. The molecule has 3 fully saturated rings. The smallest absolute Gasteiger partial charge is 0.284 e. The summed E-state index contributed by atoms with van der Waals surface area (Å²) in [5.74, 6) is 0.220. The number of nitrogens with zero attached hydrogens (tertiary/aromatic N) is 6. The van der Waals surface area contributed by atoms with Crippen LogP contribution in [0, 0.1) is 0 Å². The van der Waals surface area contributed by atoms with Gasteiger partial charge in [0, 0.05) is 18.9 Å². The largest absolute Gasteiger partial charge is 0.374 e. The van der Waals surface area contributed by atoms with Crippen LogP contribution in [-0.2, 0) is 4.74 Å². The summed E-state index contributed by atoms with van der Waals surface area (Å²) in [6.45, 7) is 5.44. The molecule has 0 unspecified atom stereocenters. The Balaban J connectivity index is 0.00000124. The summed E-state index contributed by atoms with van der Waals surface area (Å²) >= 11 is 0. The number of carbonyl (C=O) groups excluding carboxylic acids is 1. The number of anilines is 2. The summed E-state index contributed by atoms with van der Waals surface area (Å²) in [5.41, 5.74) is 0.229. The molecular formula is C24H31F2N7O2. The summed E-state index contributed by atoms with van der Waals surface area (Å²) in [4.78, 5) is 20.0. The summed E-state index contributed by atoms with van der Waals surface area (Å²) in [7, 11) is 0. The quantitative estimate of drug-likeness (QED) is 0.565. The monoisotopic (exact) mass is 487 g/mol. The molecule has 1 saturated carbocycles. The maximum atomic E-state index is 13.7. The van der Waals surface area contributed by atoms with Crippen molar-refractivity contribution in [1.82, 2.24) is 24.4 Å². The predicted octanol–water partition coefficient (Wildman–Crippen LogP) is 4.62. The summed E-state index contributed by atoms with van der Waals surface area (Å²) in [6, 6.07) is 2.23. The Morgan fingerprint density at radius 3 is 2.69 bits per heavy atom. The molecule has 1 N–H and O–H groups in total. The van der Waals surface area contributed by atoms with Gasteiger partial charge < -0.3 is 15.0 Å². The molecule has 188 valence electrons. The third-order valence-corrected chi connectivity index (χ3v) is 6.96. The van der Waals surface area contributed by atoms with Gasteiger partial charge >= 0.3 is 0 Å². The fraction of sp³-hybridized carbons (Fsp3) is 0.583. The number of hydrogen-bond acceptors (Lipinski definition) is 6. The van der Waals surface area contributed by atoms with Gasteiger partial charge in [0.2, 0.25) is 0 Å². The Hall–Kier alpha value is -3.08. The highest BCUT2D eigenvalue weighted by atomic mass is 19.3. The number of hydrogen-bond donors (Lipinski definition) is 1. The van der Waals surface area contributed by atoms with Crippen LogP contribution >= 0.6 is 0 Å². The second-order valence-corrected chi connectivity index (χ2v) is 9.06. The van der Waals surface area contributed by atoms with Gasteiger partial charge in [-0.3, -0.25) is 9.48 Å². The topological polar surface area (TPSA) is 89.6 Å².